The average molecular weight is 278 g/mol. The number of nitrogens with zero attached hydrogens (tertiary/aromatic N) is 2. The van der Waals surface area contributed by atoms with Crippen molar-refractivity contribution in [3.8, 4) is 6.07 Å². The lowest BCUT2D eigenvalue weighted by Gasteiger charge is -2.19. The van der Waals surface area contributed by atoms with Crippen LogP contribution < -0.4 is 0 Å². The van der Waals surface area contributed by atoms with E-state index in [-0.39, 0.29) is 24.8 Å². The number of rotatable bonds is 4. The second-order valence-corrected chi connectivity index (χ2v) is 4.40. The molecule has 21 heavy (non-hydrogen) atoms. The maximum absolute atomic E-state index is 12.5. The Kier molecular flexibility index (Phi) is 4.84. The molecule has 0 bridgehead atoms. The number of carbonyl (C=O) groups is 2. The summed E-state index contributed by atoms with van der Waals surface area (Å²) in [4.78, 5) is 26.0. The van der Waals surface area contributed by atoms with Crippen LogP contribution >= 0.6 is 0 Å². The molecule has 2 amide bonds. The second-order valence-electron chi connectivity index (χ2n) is 4.40. The molecule has 2 aromatic rings. The Hall–Kier alpha value is -2.93. The third kappa shape index (κ3) is 3.54. The number of amides is 2. The van der Waals surface area contributed by atoms with Crippen molar-refractivity contribution in [1.82, 2.24) is 4.90 Å². The SMILES string of the molecule is N#CCCN(C(=O)c1ccccc1)C(=O)c1ccccc1. The van der Waals surface area contributed by atoms with Crippen molar-refractivity contribution in [2.24, 2.45) is 0 Å². The van der Waals surface area contributed by atoms with E-state index >= 15 is 0 Å². The molecule has 0 unspecified atom stereocenters. The fraction of sp³-hybridized carbons (Fsp3) is 0.118. The molecule has 0 atom stereocenters. The zero-order chi connectivity index (χ0) is 15.1. The minimum atomic E-state index is -0.389. The van der Waals surface area contributed by atoms with E-state index in [2.05, 4.69) is 0 Å². The monoisotopic (exact) mass is 278 g/mol. The van der Waals surface area contributed by atoms with Gasteiger partial charge in [0.25, 0.3) is 11.8 Å². The summed E-state index contributed by atoms with van der Waals surface area (Å²) in [6.45, 7) is 0.0813. The van der Waals surface area contributed by atoms with E-state index < -0.39 is 0 Å². The van der Waals surface area contributed by atoms with Crippen LogP contribution in [0.2, 0.25) is 0 Å². The molecule has 2 aromatic carbocycles. The van der Waals surface area contributed by atoms with E-state index in [0.29, 0.717) is 11.1 Å². The van der Waals surface area contributed by atoms with Crippen molar-refractivity contribution >= 4 is 11.8 Å². The van der Waals surface area contributed by atoms with E-state index in [4.69, 9.17) is 5.26 Å². The zero-order valence-electron chi connectivity index (χ0n) is 11.4. The van der Waals surface area contributed by atoms with E-state index in [9.17, 15) is 9.59 Å². The van der Waals surface area contributed by atoms with Crippen LogP contribution in [0.15, 0.2) is 60.7 Å². The van der Waals surface area contributed by atoms with E-state index in [1.165, 1.54) is 0 Å². The van der Waals surface area contributed by atoms with Crippen molar-refractivity contribution < 1.29 is 9.59 Å². The van der Waals surface area contributed by atoms with E-state index in [1.54, 1.807) is 60.7 Å². The zero-order valence-corrected chi connectivity index (χ0v) is 11.4. The van der Waals surface area contributed by atoms with Crippen LogP contribution in [-0.4, -0.2) is 23.3 Å². The maximum atomic E-state index is 12.5. The molecule has 0 spiro atoms. The minimum Gasteiger partial charge on any atom is -0.273 e. The molecule has 4 nitrogen and oxygen atoms in total. The van der Waals surface area contributed by atoms with E-state index in [0.717, 1.165) is 4.90 Å². The molecule has 0 fully saturated rings. The highest BCUT2D eigenvalue weighted by atomic mass is 16.2. The van der Waals surface area contributed by atoms with Crippen LogP contribution in [0, 0.1) is 11.3 Å². The average Bonchev–Trinajstić information content (AvgIpc) is 2.56. The summed E-state index contributed by atoms with van der Waals surface area (Å²) < 4.78 is 0. The first-order valence-corrected chi connectivity index (χ1v) is 6.57. The van der Waals surface area contributed by atoms with Gasteiger partial charge < -0.3 is 0 Å². The van der Waals surface area contributed by atoms with Gasteiger partial charge in [-0.25, -0.2) is 0 Å². The van der Waals surface area contributed by atoms with Gasteiger partial charge in [0, 0.05) is 17.7 Å². The van der Waals surface area contributed by atoms with Crippen molar-refractivity contribution in [2.75, 3.05) is 6.54 Å². The standard InChI is InChI=1S/C17H14N2O2/c18-12-7-13-19(16(20)14-8-3-1-4-9-14)17(21)15-10-5-2-6-11-15/h1-6,8-11H,7,13H2. The molecule has 2 rings (SSSR count). The lowest BCUT2D eigenvalue weighted by atomic mass is 10.1. The molecule has 4 heteroatoms. The van der Waals surface area contributed by atoms with Crippen LogP contribution in [0.25, 0.3) is 0 Å². The smallest absolute Gasteiger partial charge is 0.260 e. The van der Waals surface area contributed by atoms with Gasteiger partial charge in [0.2, 0.25) is 0 Å². The molecule has 0 N–H and O–H groups in total. The first-order chi connectivity index (χ1) is 10.2. The van der Waals surface area contributed by atoms with Gasteiger partial charge in [0.1, 0.15) is 0 Å². The van der Waals surface area contributed by atoms with Gasteiger partial charge in [-0.3, -0.25) is 14.5 Å². The Morgan fingerprint density at radius 1 is 0.857 bits per heavy atom. The molecule has 0 saturated carbocycles. The Morgan fingerprint density at radius 3 is 1.67 bits per heavy atom. The number of carbonyl (C=O) groups excluding carboxylic acids is 2. The Bertz CT molecular complexity index is 609. The number of nitriles is 1. The Balaban J connectivity index is 2.29. The third-order valence-corrected chi connectivity index (χ3v) is 2.98. The quantitative estimate of drug-likeness (QED) is 0.808. The highest BCUT2D eigenvalue weighted by molar-refractivity contribution is 6.10. The van der Waals surface area contributed by atoms with Gasteiger partial charge in [-0.2, -0.15) is 5.26 Å². The van der Waals surface area contributed by atoms with Crippen molar-refractivity contribution in [3.63, 3.8) is 0 Å². The third-order valence-electron chi connectivity index (χ3n) is 2.98. The predicted molar refractivity (Wildman–Crippen MR) is 78.5 cm³/mol. The molecule has 0 radical (unpaired) electrons. The normalized spacial score (nSPS) is 9.67. The van der Waals surface area contributed by atoms with Crippen LogP contribution in [0.4, 0.5) is 0 Å². The summed E-state index contributed by atoms with van der Waals surface area (Å²) in [7, 11) is 0. The molecule has 0 aliphatic rings. The lowest BCUT2D eigenvalue weighted by molar-refractivity contribution is 0.0619. The number of hydrogen-bond acceptors (Lipinski definition) is 3. The first-order valence-electron chi connectivity index (χ1n) is 6.57. The molecule has 0 aromatic heterocycles. The minimum absolute atomic E-state index is 0.0813. The van der Waals surface area contributed by atoms with Gasteiger partial charge in [-0.05, 0) is 24.3 Å². The predicted octanol–water partition coefficient (Wildman–Crippen LogP) is 2.88. The van der Waals surface area contributed by atoms with Gasteiger partial charge in [0.05, 0.1) is 12.5 Å². The number of benzene rings is 2. The summed E-state index contributed by atoms with van der Waals surface area (Å²) in [6.07, 6.45) is 0.108. The maximum Gasteiger partial charge on any atom is 0.260 e. The fourth-order valence-corrected chi connectivity index (χ4v) is 1.93. The van der Waals surface area contributed by atoms with Crippen LogP contribution in [0.5, 0.6) is 0 Å². The van der Waals surface area contributed by atoms with Gasteiger partial charge in [0.15, 0.2) is 0 Å². The number of imide groups is 1. The molecular formula is C17H14N2O2. The Labute approximate surface area is 123 Å². The van der Waals surface area contributed by atoms with E-state index in [1.807, 2.05) is 6.07 Å². The molecular weight excluding hydrogens is 264 g/mol. The van der Waals surface area contributed by atoms with Gasteiger partial charge >= 0.3 is 0 Å². The van der Waals surface area contributed by atoms with Crippen molar-refractivity contribution in [1.29, 1.82) is 5.26 Å². The number of hydrogen-bond donors (Lipinski definition) is 0. The van der Waals surface area contributed by atoms with Gasteiger partial charge in [-0.1, -0.05) is 36.4 Å². The Morgan fingerprint density at radius 2 is 1.29 bits per heavy atom. The van der Waals surface area contributed by atoms with Gasteiger partial charge in [-0.15, -0.1) is 0 Å². The highest BCUT2D eigenvalue weighted by Gasteiger charge is 2.23. The van der Waals surface area contributed by atoms with Crippen LogP contribution in [0.3, 0.4) is 0 Å². The lowest BCUT2D eigenvalue weighted by Crippen LogP contribution is -2.37. The summed E-state index contributed by atoms with van der Waals surface area (Å²) >= 11 is 0. The molecule has 104 valence electrons. The summed E-state index contributed by atoms with van der Waals surface area (Å²) in [6, 6.07) is 19.1. The van der Waals surface area contributed by atoms with Crippen LogP contribution in [0.1, 0.15) is 27.1 Å². The fourth-order valence-electron chi connectivity index (χ4n) is 1.93. The topological polar surface area (TPSA) is 61.2 Å². The van der Waals surface area contributed by atoms with Crippen molar-refractivity contribution in [3.05, 3.63) is 71.8 Å². The largest absolute Gasteiger partial charge is 0.273 e. The molecule has 0 aliphatic heterocycles. The van der Waals surface area contributed by atoms with Crippen molar-refractivity contribution in [2.45, 2.75) is 6.42 Å². The van der Waals surface area contributed by atoms with Crippen LogP contribution in [-0.2, 0) is 0 Å². The molecule has 0 saturated heterocycles. The summed E-state index contributed by atoms with van der Waals surface area (Å²) in [5, 5.41) is 8.72. The summed E-state index contributed by atoms with van der Waals surface area (Å²) in [5.74, 6) is -0.778. The summed E-state index contributed by atoms with van der Waals surface area (Å²) in [5.41, 5.74) is 0.861. The second kappa shape index (κ2) is 7.01. The highest BCUT2D eigenvalue weighted by Crippen LogP contribution is 2.11. The first kappa shape index (κ1) is 14.5. The molecule has 0 aliphatic carbocycles. The molecule has 0 heterocycles.